The van der Waals surface area contributed by atoms with Crippen LogP contribution in [-0.2, 0) is 33.9 Å². The highest BCUT2D eigenvalue weighted by atomic mass is 32.2. The average molecular weight is 647 g/mol. The number of piperidine rings is 1. The van der Waals surface area contributed by atoms with Crippen molar-refractivity contribution in [1.82, 2.24) is 19.8 Å². The van der Waals surface area contributed by atoms with Gasteiger partial charge in [-0.1, -0.05) is 30.3 Å². The number of carboxylic acid groups (broad SMARTS) is 1. The van der Waals surface area contributed by atoms with Gasteiger partial charge in [0.25, 0.3) is 5.97 Å². The topological polar surface area (TPSA) is 212 Å². The SMILES string of the molecule is CC(=O)O.CCOC(=O)CN(C(=O)[C@H](CC(=O)NC[C@@H]1CCCN(C(=N)N)C1)NS(=O)(=O)c1ccc2ccccc2c1)C1CC1. The van der Waals surface area contributed by atoms with E-state index in [0.717, 1.165) is 25.2 Å². The third-order valence-corrected chi connectivity index (χ3v) is 8.81. The van der Waals surface area contributed by atoms with Crippen molar-refractivity contribution in [1.29, 1.82) is 5.41 Å². The third-order valence-electron chi connectivity index (χ3n) is 7.34. The van der Waals surface area contributed by atoms with E-state index < -0.39 is 46.2 Å². The van der Waals surface area contributed by atoms with Crippen molar-refractivity contribution in [2.45, 2.75) is 62.9 Å². The average Bonchev–Trinajstić information content (AvgIpc) is 3.83. The maximum absolute atomic E-state index is 13.7. The Kier molecular flexibility index (Phi) is 12.7. The molecule has 2 amide bonds. The summed E-state index contributed by atoms with van der Waals surface area (Å²) >= 11 is 0. The number of carbonyl (C=O) groups is 4. The van der Waals surface area contributed by atoms with Crippen LogP contribution in [0.2, 0.25) is 0 Å². The van der Waals surface area contributed by atoms with E-state index in [1.165, 1.54) is 17.0 Å². The summed E-state index contributed by atoms with van der Waals surface area (Å²) in [5.74, 6) is -2.54. The van der Waals surface area contributed by atoms with E-state index in [4.69, 9.17) is 25.8 Å². The largest absolute Gasteiger partial charge is 0.481 e. The fraction of sp³-hybridized carbons (Fsp3) is 0.500. The number of sulfonamides is 1. The number of rotatable bonds is 12. The van der Waals surface area contributed by atoms with Crippen LogP contribution in [0.25, 0.3) is 10.8 Å². The molecule has 2 aromatic carbocycles. The number of esters is 1. The molecule has 1 saturated heterocycles. The summed E-state index contributed by atoms with van der Waals surface area (Å²) in [6, 6.07) is 10.3. The monoisotopic (exact) mass is 646 g/mol. The number of hydrogen-bond acceptors (Lipinski definition) is 8. The minimum Gasteiger partial charge on any atom is -0.481 e. The van der Waals surface area contributed by atoms with Gasteiger partial charge in [0.2, 0.25) is 21.8 Å². The number of guanidine groups is 1. The van der Waals surface area contributed by atoms with Crippen molar-refractivity contribution in [2.24, 2.45) is 11.7 Å². The summed E-state index contributed by atoms with van der Waals surface area (Å²) in [5.41, 5.74) is 5.61. The fourth-order valence-electron chi connectivity index (χ4n) is 5.05. The molecule has 4 rings (SSSR count). The van der Waals surface area contributed by atoms with Crippen molar-refractivity contribution in [3.05, 3.63) is 42.5 Å². The van der Waals surface area contributed by atoms with Gasteiger partial charge in [0, 0.05) is 32.6 Å². The molecule has 1 aliphatic heterocycles. The van der Waals surface area contributed by atoms with E-state index in [0.29, 0.717) is 37.9 Å². The summed E-state index contributed by atoms with van der Waals surface area (Å²) < 4.78 is 34.4. The third kappa shape index (κ3) is 11.0. The number of ether oxygens (including phenoxy) is 1. The summed E-state index contributed by atoms with van der Waals surface area (Å²) in [6.45, 7) is 4.08. The number of benzene rings is 2. The van der Waals surface area contributed by atoms with Gasteiger partial charge in [-0.3, -0.25) is 24.6 Å². The lowest BCUT2D eigenvalue weighted by atomic mass is 9.98. The summed E-state index contributed by atoms with van der Waals surface area (Å²) in [4.78, 5) is 51.0. The minimum atomic E-state index is -4.21. The zero-order valence-electron chi connectivity index (χ0n) is 25.5. The van der Waals surface area contributed by atoms with Gasteiger partial charge >= 0.3 is 5.97 Å². The summed E-state index contributed by atoms with van der Waals surface area (Å²) in [6.07, 6.45) is 2.58. The Morgan fingerprint density at radius 1 is 1.13 bits per heavy atom. The van der Waals surface area contributed by atoms with Gasteiger partial charge in [0.15, 0.2) is 5.96 Å². The molecule has 1 heterocycles. The molecule has 0 aromatic heterocycles. The van der Waals surface area contributed by atoms with Gasteiger partial charge in [-0.25, -0.2) is 8.42 Å². The summed E-state index contributed by atoms with van der Waals surface area (Å²) in [5, 5.41) is 19.5. The Balaban J connectivity index is 0.00000130. The molecule has 1 saturated carbocycles. The van der Waals surface area contributed by atoms with Crippen molar-refractivity contribution in [2.75, 3.05) is 32.8 Å². The molecule has 0 bridgehead atoms. The molecule has 2 atom stereocenters. The standard InChI is InChI=1S/C28H38N6O6S.C2H4O2/c1-2-40-26(36)18-34(22-10-11-22)27(37)24(15-25(35)31-16-19-6-5-13-33(17-19)28(29)30)32-41(38,39)23-12-9-20-7-3-4-8-21(20)14-23;1-2(3)4/h3-4,7-9,12,14,19,22,24,32H,2,5-6,10-11,13,15-18H2,1H3,(H3,29,30)(H,31,35);1H3,(H,3,4)/t19-,24-;/m0./s1. The second kappa shape index (κ2) is 16.2. The molecule has 2 fully saturated rings. The number of carboxylic acids is 1. The number of fused-ring (bicyclic) bond motifs is 1. The first-order valence-corrected chi connectivity index (χ1v) is 16.3. The van der Waals surface area contributed by atoms with Crippen LogP contribution in [0, 0.1) is 11.3 Å². The van der Waals surface area contributed by atoms with Crippen LogP contribution in [-0.4, -0.2) is 97.9 Å². The maximum atomic E-state index is 13.7. The van der Waals surface area contributed by atoms with Gasteiger partial charge in [0.05, 0.1) is 17.9 Å². The number of amides is 2. The molecule has 0 unspecified atom stereocenters. The Morgan fingerprint density at radius 3 is 2.42 bits per heavy atom. The molecule has 2 aliphatic rings. The van der Waals surface area contributed by atoms with Crippen LogP contribution < -0.4 is 15.8 Å². The highest BCUT2D eigenvalue weighted by molar-refractivity contribution is 7.89. The molecular weight excluding hydrogens is 604 g/mol. The van der Waals surface area contributed by atoms with Gasteiger partial charge in [-0.2, -0.15) is 4.72 Å². The highest BCUT2D eigenvalue weighted by Gasteiger charge is 2.39. The van der Waals surface area contributed by atoms with Crippen molar-refractivity contribution < 1.29 is 37.4 Å². The van der Waals surface area contributed by atoms with E-state index in [-0.39, 0.29) is 36.0 Å². The molecule has 45 heavy (non-hydrogen) atoms. The van der Waals surface area contributed by atoms with E-state index in [1.54, 1.807) is 30.0 Å². The Bertz CT molecular complexity index is 1490. The number of hydrogen-bond donors (Lipinski definition) is 5. The van der Waals surface area contributed by atoms with Crippen LogP contribution in [0.1, 0.15) is 46.0 Å². The van der Waals surface area contributed by atoms with Crippen LogP contribution in [0.4, 0.5) is 0 Å². The van der Waals surface area contributed by atoms with Crippen molar-refractivity contribution in [3.63, 3.8) is 0 Å². The normalized spacial score (nSPS) is 16.9. The zero-order chi connectivity index (χ0) is 33.1. The molecular formula is C30H42N6O8S. The van der Waals surface area contributed by atoms with Gasteiger partial charge in [-0.05, 0) is 61.4 Å². The molecule has 246 valence electrons. The molecule has 0 radical (unpaired) electrons. The predicted molar refractivity (Wildman–Crippen MR) is 167 cm³/mol. The molecule has 14 nitrogen and oxygen atoms in total. The van der Waals surface area contributed by atoms with Gasteiger partial charge in [0.1, 0.15) is 12.6 Å². The number of nitrogens with one attached hydrogen (secondary N) is 3. The van der Waals surface area contributed by atoms with E-state index in [2.05, 4.69) is 10.0 Å². The minimum absolute atomic E-state index is 0.0171. The number of carbonyl (C=O) groups excluding carboxylic acids is 3. The first kappa shape index (κ1) is 35.2. The lowest BCUT2D eigenvalue weighted by molar-refractivity contribution is -0.150. The molecule has 15 heteroatoms. The first-order chi connectivity index (χ1) is 21.3. The van der Waals surface area contributed by atoms with Crippen LogP contribution in [0.3, 0.4) is 0 Å². The van der Waals surface area contributed by atoms with E-state index >= 15 is 0 Å². The van der Waals surface area contributed by atoms with Crippen LogP contribution in [0.5, 0.6) is 0 Å². The van der Waals surface area contributed by atoms with Crippen molar-refractivity contribution >= 4 is 50.5 Å². The number of nitrogens with two attached hydrogens (primary N) is 1. The smallest absolute Gasteiger partial charge is 0.325 e. The molecule has 0 spiro atoms. The second-order valence-corrected chi connectivity index (χ2v) is 12.8. The van der Waals surface area contributed by atoms with Crippen molar-refractivity contribution in [3.8, 4) is 0 Å². The Labute approximate surface area is 262 Å². The predicted octanol–water partition coefficient (Wildman–Crippen LogP) is 1.24. The van der Waals surface area contributed by atoms with Gasteiger partial charge in [-0.15, -0.1) is 0 Å². The number of aliphatic carboxylic acids is 1. The van der Waals surface area contributed by atoms with Gasteiger partial charge < -0.3 is 30.7 Å². The lowest BCUT2D eigenvalue weighted by Crippen LogP contribution is -2.52. The molecule has 2 aromatic rings. The Hall–Kier alpha value is -4.24. The highest BCUT2D eigenvalue weighted by Crippen LogP contribution is 2.28. The maximum Gasteiger partial charge on any atom is 0.325 e. The van der Waals surface area contributed by atoms with Crippen LogP contribution in [0.15, 0.2) is 47.4 Å². The Morgan fingerprint density at radius 2 is 1.80 bits per heavy atom. The first-order valence-electron chi connectivity index (χ1n) is 14.8. The van der Waals surface area contributed by atoms with E-state index in [1.807, 2.05) is 12.1 Å². The van der Waals surface area contributed by atoms with Crippen LogP contribution >= 0.6 is 0 Å². The number of likely N-dealkylation sites (tertiary alicyclic amines) is 1. The fourth-order valence-corrected chi connectivity index (χ4v) is 6.28. The van der Waals surface area contributed by atoms with E-state index in [9.17, 15) is 22.8 Å². The summed E-state index contributed by atoms with van der Waals surface area (Å²) in [7, 11) is -4.21. The lowest BCUT2D eigenvalue weighted by Gasteiger charge is -2.33. The number of nitrogens with zero attached hydrogens (tertiary/aromatic N) is 2. The zero-order valence-corrected chi connectivity index (χ0v) is 26.3. The quantitative estimate of drug-likeness (QED) is 0.126. The molecule has 6 N–H and O–H groups in total. The molecule has 1 aliphatic carbocycles. The second-order valence-electron chi connectivity index (χ2n) is 11.1.